The smallest absolute Gasteiger partial charge is 0.261 e. The fourth-order valence-electron chi connectivity index (χ4n) is 2.51. The van der Waals surface area contributed by atoms with E-state index in [0.29, 0.717) is 0 Å². The summed E-state index contributed by atoms with van der Waals surface area (Å²) in [5, 5.41) is 0. The second kappa shape index (κ2) is 5.64. The van der Waals surface area contributed by atoms with Gasteiger partial charge in [0.25, 0.3) is 11.8 Å². The van der Waals surface area contributed by atoms with Crippen LogP contribution in [0.1, 0.15) is 31.1 Å². The van der Waals surface area contributed by atoms with Crippen LogP contribution in [0.2, 0.25) is 0 Å². The minimum absolute atomic E-state index is 0.0101. The lowest BCUT2D eigenvalue weighted by molar-refractivity contribution is 0.0623. The number of amides is 2. The molecule has 1 heterocycles. The lowest BCUT2D eigenvalue weighted by Crippen LogP contribution is -2.35. The van der Waals surface area contributed by atoms with Crippen LogP contribution in [0.3, 0.4) is 0 Å². The molecule has 0 atom stereocenters. The number of benzene rings is 2. The normalized spacial score (nSPS) is 13.2. The van der Waals surface area contributed by atoms with Gasteiger partial charge in [0.05, 0.1) is 30.3 Å². The molecule has 0 aliphatic carbocycles. The fourth-order valence-corrected chi connectivity index (χ4v) is 2.51. The van der Waals surface area contributed by atoms with Crippen molar-refractivity contribution < 1.29 is 23.5 Å². The maximum atomic E-state index is 13.4. The van der Waals surface area contributed by atoms with Crippen molar-refractivity contribution in [1.29, 1.82) is 0 Å². The van der Waals surface area contributed by atoms with Gasteiger partial charge >= 0.3 is 0 Å². The number of fused-ring (bicyclic) bond motifs is 1. The van der Waals surface area contributed by atoms with Crippen molar-refractivity contribution in [3.8, 4) is 5.75 Å². The van der Waals surface area contributed by atoms with Crippen LogP contribution in [0.4, 0.5) is 4.39 Å². The molecule has 0 radical (unpaired) electrons. The summed E-state index contributed by atoms with van der Waals surface area (Å²) >= 11 is 0. The summed E-state index contributed by atoms with van der Waals surface area (Å²) < 4.78 is 18.4. The van der Waals surface area contributed by atoms with E-state index in [1.54, 1.807) is 12.1 Å². The Hall–Kier alpha value is -3.02. The first-order valence-corrected chi connectivity index (χ1v) is 6.85. The zero-order chi connectivity index (χ0) is 16.6. The van der Waals surface area contributed by atoms with E-state index in [4.69, 9.17) is 4.74 Å². The van der Waals surface area contributed by atoms with Gasteiger partial charge in [0.1, 0.15) is 11.6 Å². The van der Waals surface area contributed by atoms with Crippen molar-refractivity contribution in [2.45, 2.75) is 0 Å². The third-order valence-corrected chi connectivity index (χ3v) is 3.64. The Morgan fingerprint density at radius 2 is 1.70 bits per heavy atom. The van der Waals surface area contributed by atoms with Gasteiger partial charge in [0, 0.05) is 0 Å². The van der Waals surface area contributed by atoms with Crippen LogP contribution >= 0.6 is 0 Å². The number of rotatable bonds is 4. The summed E-state index contributed by atoms with van der Waals surface area (Å²) in [5.74, 6) is -2.05. The van der Waals surface area contributed by atoms with Crippen LogP contribution in [-0.2, 0) is 0 Å². The number of imide groups is 1. The van der Waals surface area contributed by atoms with E-state index in [0.717, 1.165) is 17.0 Å². The monoisotopic (exact) mass is 313 g/mol. The molecule has 0 unspecified atom stereocenters. The molecule has 0 saturated heterocycles. The van der Waals surface area contributed by atoms with E-state index in [1.807, 2.05) is 0 Å². The molecule has 0 fully saturated rings. The molecule has 2 amide bonds. The van der Waals surface area contributed by atoms with Gasteiger partial charge in [-0.1, -0.05) is 12.1 Å². The third kappa shape index (κ3) is 2.48. The van der Waals surface area contributed by atoms with Crippen LogP contribution in [0.25, 0.3) is 0 Å². The number of halogens is 1. The summed E-state index contributed by atoms with van der Waals surface area (Å²) in [6.45, 7) is -0.466. The molecule has 5 nitrogen and oxygen atoms in total. The van der Waals surface area contributed by atoms with Gasteiger partial charge in [-0.15, -0.1) is 0 Å². The van der Waals surface area contributed by atoms with Crippen molar-refractivity contribution >= 4 is 17.6 Å². The molecular weight excluding hydrogens is 301 g/mol. The molecule has 0 saturated carbocycles. The first kappa shape index (κ1) is 14.9. The number of hydrogen-bond donors (Lipinski definition) is 0. The van der Waals surface area contributed by atoms with Crippen LogP contribution in [-0.4, -0.2) is 36.2 Å². The number of nitrogens with zero attached hydrogens (tertiary/aromatic N) is 1. The number of hydrogen-bond acceptors (Lipinski definition) is 4. The first-order valence-electron chi connectivity index (χ1n) is 6.85. The molecule has 6 heteroatoms. The topological polar surface area (TPSA) is 63.7 Å². The standard InChI is InChI=1S/C17H12FNO4/c1-23-15-7-6-10(18)8-13(15)14(20)9-19-16(21)11-4-2-3-5-12(11)17(19)22/h2-8H,9H2,1H3. The molecule has 23 heavy (non-hydrogen) atoms. The van der Waals surface area contributed by atoms with Gasteiger partial charge in [-0.05, 0) is 30.3 Å². The maximum absolute atomic E-state index is 13.4. The Kier molecular flexibility index (Phi) is 3.65. The van der Waals surface area contributed by atoms with E-state index in [1.165, 1.54) is 25.3 Å². The van der Waals surface area contributed by atoms with Crippen LogP contribution in [0.5, 0.6) is 5.75 Å². The Balaban J connectivity index is 1.89. The molecule has 0 bridgehead atoms. The van der Waals surface area contributed by atoms with Crippen LogP contribution < -0.4 is 4.74 Å². The van der Waals surface area contributed by atoms with Gasteiger partial charge in [0.15, 0.2) is 5.78 Å². The molecule has 0 aromatic heterocycles. The Labute approximate surface area is 131 Å². The minimum Gasteiger partial charge on any atom is -0.496 e. The zero-order valence-corrected chi connectivity index (χ0v) is 12.2. The second-order valence-corrected chi connectivity index (χ2v) is 5.01. The molecule has 0 spiro atoms. The van der Waals surface area contributed by atoms with E-state index in [2.05, 4.69) is 0 Å². The van der Waals surface area contributed by atoms with Crippen molar-refractivity contribution in [3.05, 3.63) is 65.0 Å². The molecule has 2 aromatic carbocycles. The molecule has 0 N–H and O–H groups in total. The summed E-state index contributed by atoms with van der Waals surface area (Å²) in [4.78, 5) is 37.7. The van der Waals surface area contributed by atoms with Crippen molar-refractivity contribution in [3.63, 3.8) is 0 Å². The first-order chi connectivity index (χ1) is 11.0. The number of methoxy groups -OCH3 is 1. The SMILES string of the molecule is COc1ccc(F)cc1C(=O)CN1C(=O)c2ccccc2C1=O. The highest BCUT2D eigenvalue weighted by atomic mass is 19.1. The molecule has 116 valence electrons. The molecule has 3 rings (SSSR count). The minimum atomic E-state index is -0.600. The van der Waals surface area contributed by atoms with Gasteiger partial charge in [-0.2, -0.15) is 0 Å². The van der Waals surface area contributed by atoms with Crippen LogP contribution in [0.15, 0.2) is 42.5 Å². The van der Waals surface area contributed by atoms with Gasteiger partial charge in [-0.25, -0.2) is 4.39 Å². The number of ether oxygens (including phenoxy) is 1. The number of ketones is 1. The molecule has 1 aliphatic rings. The summed E-state index contributed by atoms with van der Waals surface area (Å²) in [7, 11) is 1.35. The quantitative estimate of drug-likeness (QED) is 0.642. The van der Waals surface area contributed by atoms with Gasteiger partial charge in [-0.3, -0.25) is 19.3 Å². The fraction of sp³-hybridized carbons (Fsp3) is 0.118. The highest BCUT2D eigenvalue weighted by Gasteiger charge is 2.36. The van der Waals surface area contributed by atoms with Gasteiger partial charge < -0.3 is 4.74 Å². The third-order valence-electron chi connectivity index (χ3n) is 3.64. The lowest BCUT2D eigenvalue weighted by Gasteiger charge is -2.14. The lowest BCUT2D eigenvalue weighted by atomic mass is 10.1. The molecular formula is C17H12FNO4. The highest BCUT2D eigenvalue weighted by Crippen LogP contribution is 2.25. The summed E-state index contributed by atoms with van der Waals surface area (Å²) in [5.41, 5.74) is 0.511. The number of Topliss-reactive ketones (excluding diaryl/α,β-unsaturated/α-hetero) is 1. The zero-order valence-electron chi connectivity index (χ0n) is 12.2. The van der Waals surface area contributed by atoms with E-state index >= 15 is 0 Å². The second-order valence-electron chi connectivity index (χ2n) is 5.01. The van der Waals surface area contributed by atoms with Crippen molar-refractivity contribution in [2.24, 2.45) is 0 Å². The Morgan fingerprint density at radius 3 is 2.26 bits per heavy atom. The summed E-state index contributed by atoms with van der Waals surface area (Å²) in [6, 6.07) is 9.86. The number of carbonyl (C=O) groups excluding carboxylic acids is 3. The van der Waals surface area contributed by atoms with E-state index < -0.39 is 30.0 Å². The Bertz CT molecular complexity index is 796. The largest absolute Gasteiger partial charge is 0.496 e. The van der Waals surface area contributed by atoms with E-state index in [9.17, 15) is 18.8 Å². The van der Waals surface area contributed by atoms with Crippen LogP contribution in [0, 0.1) is 5.82 Å². The highest BCUT2D eigenvalue weighted by molar-refractivity contribution is 6.23. The maximum Gasteiger partial charge on any atom is 0.261 e. The van der Waals surface area contributed by atoms with E-state index in [-0.39, 0.29) is 22.4 Å². The van der Waals surface area contributed by atoms with Crippen molar-refractivity contribution in [1.82, 2.24) is 4.90 Å². The van der Waals surface area contributed by atoms with Crippen molar-refractivity contribution in [2.75, 3.05) is 13.7 Å². The Morgan fingerprint density at radius 1 is 1.09 bits per heavy atom. The average Bonchev–Trinajstić information content (AvgIpc) is 2.80. The molecule has 1 aliphatic heterocycles. The summed E-state index contributed by atoms with van der Waals surface area (Å²) in [6.07, 6.45) is 0. The number of carbonyl (C=O) groups is 3. The predicted molar refractivity (Wildman–Crippen MR) is 79.1 cm³/mol. The average molecular weight is 313 g/mol. The predicted octanol–water partition coefficient (Wildman–Crippen LogP) is 2.31. The van der Waals surface area contributed by atoms with Gasteiger partial charge in [0.2, 0.25) is 0 Å². The molecule has 2 aromatic rings.